The second-order valence-electron chi connectivity index (χ2n) is 4.27. The molecular formula is C11H18O2S. The van der Waals surface area contributed by atoms with E-state index in [2.05, 4.69) is 0 Å². The van der Waals surface area contributed by atoms with Gasteiger partial charge < -0.3 is 4.74 Å². The molecule has 1 saturated carbocycles. The molecule has 80 valence electrons. The Balaban J connectivity index is 1.65. The first-order valence-corrected chi connectivity index (χ1v) is 6.63. The minimum Gasteiger partial charge on any atom is -0.379 e. The van der Waals surface area contributed by atoms with Gasteiger partial charge in [-0.15, -0.1) is 11.8 Å². The summed E-state index contributed by atoms with van der Waals surface area (Å²) in [6.45, 7) is 1.70. The molecule has 2 fully saturated rings. The van der Waals surface area contributed by atoms with Gasteiger partial charge in [0.1, 0.15) is 5.78 Å². The average Bonchev–Trinajstić information content (AvgIpc) is 2.16. The fraction of sp³-hybridized carbons (Fsp3) is 0.909. The standard InChI is InChI=1S/C11H18O2S/c12-11(8-14-10-6-13-7-10)9-4-2-1-3-5-9/h9-10H,1-8H2. The molecule has 0 N–H and O–H groups in total. The quantitative estimate of drug-likeness (QED) is 0.718. The molecule has 0 aromatic rings. The summed E-state index contributed by atoms with van der Waals surface area (Å²) < 4.78 is 5.08. The molecule has 2 aliphatic rings. The van der Waals surface area contributed by atoms with Crippen LogP contribution in [-0.4, -0.2) is 30.0 Å². The van der Waals surface area contributed by atoms with Crippen LogP contribution >= 0.6 is 11.8 Å². The van der Waals surface area contributed by atoms with E-state index in [1.54, 1.807) is 11.8 Å². The Morgan fingerprint density at radius 1 is 1.21 bits per heavy atom. The van der Waals surface area contributed by atoms with Crippen LogP contribution in [-0.2, 0) is 9.53 Å². The topological polar surface area (TPSA) is 26.3 Å². The molecule has 14 heavy (non-hydrogen) atoms. The van der Waals surface area contributed by atoms with Crippen LogP contribution in [0.25, 0.3) is 0 Å². The molecule has 3 heteroatoms. The lowest BCUT2D eigenvalue weighted by molar-refractivity contribution is -0.121. The predicted octanol–water partition coefficient (Wildman–Crippen LogP) is 2.27. The van der Waals surface area contributed by atoms with E-state index < -0.39 is 0 Å². The van der Waals surface area contributed by atoms with E-state index >= 15 is 0 Å². The van der Waals surface area contributed by atoms with Crippen molar-refractivity contribution >= 4 is 17.5 Å². The molecule has 1 aliphatic carbocycles. The van der Waals surface area contributed by atoms with Crippen molar-refractivity contribution in [3.8, 4) is 0 Å². The van der Waals surface area contributed by atoms with Crippen LogP contribution in [0.1, 0.15) is 32.1 Å². The minimum atomic E-state index is 0.386. The van der Waals surface area contributed by atoms with Gasteiger partial charge in [-0.2, -0.15) is 0 Å². The van der Waals surface area contributed by atoms with Gasteiger partial charge in [0.2, 0.25) is 0 Å². The Labute approximate surface area is 89.8 Å². The molecule has 2 nitrogen and oxygen atoms in total. The largest absolute Gasteiger partial charge is 0.379 e. The first-order chi connectivity index (χ1) is 6.86. The molecule has 0 bridgehead atoms. The van der Waals surface area contributed by atoms with Gasteiger partial charge in [0.25, 0.3) is 0 Å². The van der Waals surface area contributed by atoms with Gasteiger partial charge in [0.05, 0.1) is 24.2 Å². The molecule has 0 radical (unpaired) electrons. The molecule has 0 atom stereocenters. The molecule has 2 rings (SSSR count). The Morgan fingerprint density at radius 3 is 2.50 bits per heavy atom. The number of rotatable bonds is 4. The van der Waals surface area contributed by atoms with Crippen LogP contribution in [0, 0.1) is 5.92 Å². The second kappa shape index (κ2) is 5.17. The lowest BCUT2D eigenvalue weighted by Gasteiger charge is -2.26. The van der Waals surface area contributed by atoms with Crippen molar-refractivity contribution in [1.29, 1.82) is 0 Å². The summed E-state index contributed by atoms with van der Waals surface area (Å²) in [7, 11) is 0. The van der Waals surface area contributed by atoms with Crippen LogP contribution in [0.2, 0.25) is 0 Å². The number of hydrogen-bond acceptors (Lipinski definition) is 3. The lowest BCUT2D eigenvalue weighted by Crippen LogP contribution is -2.32. The SMILES string of the molecule is O=C(CSC1COC1)C1CCCCC1. The maximum absolute atomic E-state index is 11.8. The molecule has 0 aromatic heterocycles. The molecule has 1 aliphatic heterocycles. The fourth-order valence-corrected chi connectivity index (χ4v) is 3.07. The van der Waals surface area contributed by atoms with Crippen molar-refractivity contribution in [3.05, 3.63) is 0 Å². The molecule has 0 amide bonds. The van der Waals surface area contributed by atoms with Crippen LogP contribution in [0.4, 0.5) is 0 Å². The summed E-state index contributed by atoms with van der Waals surface area (Å²) >= 11 is 1.79. The number of carbonyl (C=O) groups is 1. The average molecular weight is 214 g/mol. The van der Waals surface area contributed by atoms with E-state index in [-0.39, 0.29) is 0 Å². The van der Waals surface area contributed by atoms with Gasteiger partial charge in [0, 0.05) is 5.92 Å². The molecule has 1 heterocycles. The van der Waals surface area contributed by atoms with Crippen LogP contribution in [0.3, 0.4) is 0 Å². The van der Waals surface area contributed by atoms with Crippen molar-refractivity contribution in [1.82, 2.24) is 0 Å². The monoisotopic (exact) mass is 214 g/mol. The van der Waals surface area contributed by atoms with Crippen molar-refractivity contribution in [3.63, 3.8) is 0 Å². The van der Waals surface area contributed by atoms with Crippen LogP contribution in [0.15, 0.2) is 0 Å². The van der Waals surface area contributed by atoms with Crippen LogP contribution in [0.5, 0.6) is 0 Å². The second-order valence-corrected chi connectivity index (χ2v) is 5.56. The van der Waals surface area contributed by atoms with Crippen molar-refractivity contribution in [2.75, 3.05) is 19.0 Å². The summed E-state index contributed by atoms with van der Waals surface area (Å²) in [6, 6.07) is 0. The third-order valence-corrected chi connectivity index (χ3v) is 4.32. The van der Waals surface area contributed by atoms with Gasteiger partial charge in [-0.05, 0) is 12.8 Å². The van der Waals surface area contributed by atoms with Crippen molar-refractivity contribution in [2.24, 2.45) is 5.92 Å². The lowest BCUT2D eigenvalue weighted by atomic mass is 9.87. The number of thioether (sulfide) groups is 1. The van der Waals surface area contributed by atoms with Gasteiger partial charge in [-0.3, -0.25) is 4.79 Å². The van der Waals surface area contributed by atoms with E-state index in [4.69, 9.17) is 4.74 Å². The fourth-order valence-electron chi connectivity index (χ4n) is 2.05. The van der Waals surface area contributed by atoms with Crippen molar-refractivity contribution in [2.45, 2.75) is 37.4 Å². The van der Waals surface area contributed by atoms with E-state index in [1.165, 1.54) is 19.3 Å². The highest BCUT2D eigenvalue weighted by atomic mass is 32.2. The van der Waals surface area contributed by atoms with Gasteiger partial charge in [0.15, 0.2) is 0 Å². The Morgan fingerprint density at radius 2 is 1.93 bits per heavy atom. The Hall–Kier alpha value is -0.0200. The van der Waals surface area contributed by atoms with E-state index in [1.807, 2.05) is 0 Å². The normalized spacial score (nSPS) is 24.6. The Kier molecular flexibility index (Phi) is 3.88. The number of Topliss-reactive ketones (excluding diaryl/α,β-unsaturated/α-hetero) is 1. The summed E-state index contributed by atoms with van der Waals surface area (Å²) in [4.78, 5) is 11.8. The highest BCUT2D eigenvalue weighted by Gasteiger charge is 2.24. The number of ether oxygens (including phenoxy) is 1. The number of hydrogen-bond donors (Lipinski definition) is 0. The molecule has 1 saturated heterocycles. The molecule has 0 unspecified atom stereocenters. The zero-order valence-electron chi connectivity index (χ0n) is 8.54. The smallest absolute Gasteiger partial charge is 0.145 e. The molecule has 0 spiro atoms. The molecule has 0 aromatic carbocycles. The van der Waals surface area contributed by atoms with Gasteiger partial charge >= 0.3 is 0 Å². The van der Waals surface area contributed by atoms with E-state index in [0.29, 0.717) is 17.0 Å². The third kappa shape index (κ3) is 2.74. The summed E-state index contributed by atoms with van der Waals surface area (Å²) in [5, 5.41) is 0.600. The maximum Gasteiger partial charge on any atom is 0.145 e. The zero-order valence-corrected chi connectivity index (χ0v) is 9.35. The Bertz CT molecular complexity index is 195. The third-order valence-electron chi connectivity index (χ3n) is 3.13. The van der Waals surface area contributed by atoms with Gasteiger partial charge in [-0.25, -0.2) is 0 Å². The summed E-state index contributed by atoms with van der Waals surface area (Å²) in [6.07, 6.45) is 6.12. The van der Waals surface area contributed by atoms with Crippen molar-refractivity contribution < 1.29 is 9.53 Å². The first-order valence-electron chi connectivity index (χ1n) is 5.58. The minimum absolute atomic E-state index is 0.386. The maximum atomic E-state index is 11.8. The van der Waals surface area contributed by atoms with E-state index in [0.717, 1.165) is 31.8 Å². The summed E-state index contributed by atoms with van der Waals surface area (Å²) in [5.74, 6) is 1.59. The highest BCUT2D eigenvalue weighted by Crippen LogP contribution is 2.27. The van der Waals surface area contributed by atoms with Crippen LogP contribution < -0.4 is 0 Å². The zero-order chi connectivity index (χ0) is 9.80. The van der Waals surface area contributed by atoms with Gasteiger partial charge in [-0.1, -0.05) is 19.3 Å². The predicted molar refractivity (Wildman–Crippen MR) is 58.6 cm³/mol. The highest BCUT2D eigenvalue weighted by molar-refractivity contribution is 8.00. The molecular weight excluding hydrogens is 196 g/mol. The van der Waals surface area contributed by atoms with E-state index in [9.17, 15) is 4.79 Å². The number of carbonyl (C=O) groups excluding carboxylic acids is 1. The number of ketones is 1. The summed E-state index contributed by atoms with van der Waals surface area (Å²) in [5.41, 5.74) is 0. The first kappa shape index (κ1) is 10.5.